The Balaban J connectivity index is 1.73. The van der Waals surface area contributed by atoms with E-state index >= 15 is 0 Å². The highest BCUT2D eigenvalue weighted by Crippen LogP contribution is 2.40. The first-order valence-electron chi connectivity index (χ1n) is 9.42. The lowest BCUT2D eigenvalue weighted by atomic mass is 9.69. The average Bonchev–Trinajstić information content (AvgIpc) is 2.48. The van der Waals surface area contributed by atoms with Crippen molar-refractivity contribution in [2.45, 2.75) is 104 Å². The van der Waals surface area contributed by atoms with Crippen LogP contribution in [0, 0.1) is 11.3 Å². The van der Waals surface area contributed by atoms with Crippen molar-refractivity contribution < 1.29 is 4.74 Å². The molecule has 0 aromatic carbocycles. The number of rotatable bonds is 6. The maximum atomic E-state index is 5.87. The third kappa shape index (κ3) is 4.96. The summed E-state index contributed by atoms with van der Waals surface area (Å²) >= 11 is 0. The largest absolute Gasteiger partial charge is 0.378 e. The third-order valence-electron chi connectivity index (χ3n) is 6.19. The fourth-order valence-corrected chi connectivity index (χ4v) is 4.22. The molecule has 21 heavy (non-hydrogen) atoms. The van der Waals surface area contributed by atoms with Gasteiger partial charge in [0, 0.05) is 18.7 Å². The molecule has 0 aromatic heterocycles. The van der Waals surface area contributed by atoms with Crippen molar-refractivity contribution in [3.8, 4) is 0 Å². The number of ether oxygens (including phenoxy) is 1. The molecule has 1 N–H and O–H groups in total. The van der Waals surface area contributed by atoms with E-state index in [2.05, 4.69) is 33.0 Å². The quantitative estimate of drug-likeness (QED) is 0.751. The summed E-state index contributed by atoms with van der Waals surface area (Å²) in [5, 5.41) is 3.96. The molecular weight excluding hydrogens is 258 g/mol. The van der Waals surface area contributed by atoms with Gasteiger partial charge in [0.1, 0.15) is 0 Å². The summed E-state index contributed by atoms with van der Waals surface area (Å²) < 4.78 is 5.87. The monoisotopic (exact) mass is 295 g/mol. The van der Waals surface area contributed by atoms with Crippen LogP contribution in [0.3, 0.4) is 0 Å². The highest BCUT2D eigenvalue weighted by atomic mass is 16.5. The highest BCUT2D eigenvalue weighted by molar-refractivity contribution is 4.87. The molecular formula is C19H37NO. The topological polar surface area (TPSA) is 21.3 Å². The van der Waals surface area contributed by atoms with Crippen molar-refractivity contribution in [2.75, 3.05) is 6.61 Å². The summed E-state index contributed by atoms with van der Waals surface area (Å²) in [4.78, 5) is 0. The molecule has 0 spiro atoms. The fourth-order valence-electron chi connectivity index (χ4n) is 4.22. The summed E-state index contributed by atoms with van der Waals surface area (Å²) in [6.45, 7) is 10.5. The molecule has 1 aliphatic heterocycles. The molecule has 2 unspecified atom stereocenters. The van der Waals surface area contributed by atoms with Crippen LogP contribution in [0.4, 0.5) is 0 Å². The molecule has 124 valence electrons. The van der Waals surface area contributed by atoms with E-state index in [0.29, 0.717) is 17.6 Å². The first-order chi connectivity index (χ1) is 10.0. The predicted molar refractivity (Wildman–Crippen MR) is 90.6 cm³/mol. The minimum Gasteiger partial charge on any atom is -0.378 e. The molecule has 0 bridgehead atoms. The van der Waals surface area contributed by atoms with Gasteiger partial charge in [-0.2, -0.15) is 0 Å². The molecule has 2 rings (SSSR count). The SMILES string of the molecule is CCCC1CC(NC2CCC(C(C)(C)CC)CC2)CCO1. The van der Waals surface area contributed by atoms with Gasteiger partial charge in [-0.15, -0.1) is 0 Å². The summed E-state index contributed by atoms with van der Waals surface area (Å²) in [5.41, 5.74) is 0.538. The van der Waals surface area contributed by atoms with Crippen molar-refractivity contribution in [1.29, 1.82) is 0 Å². The smallest absolute Gasteiger partial charge is 0.0589 e. The standard InChI is InChI=1S/C19H37NO/c1-5-7-18-14-17(12-13-21-18)20-16-10-8-15(9-11-16)19(3,4)6-2/h15-18,20H,5-14H2,1-4H3. The van der Waals surface area contributed by atoms with Gasteiger partial charge in [-0.25, -0.2) is 0 Å². The van der Waals surface area contributed by atoms with Gasteiger partial charge in [-0.05, 0) is 56.3 Å². The van der Waals surface area contributed by atoms with E-state index in [1.807, 2.05) is 0 Å². The molecule has 2 atom stereocenters. The maximum absolute atomic E-state index is 5.87. The van der Waals surface area contributed by atoms with E-state index in [9.17, 15) is 0 Å². The van der Waals surface area contributed by atoms with Crippen LogP contribution in [0.1, 0.15) is 85.5 Å². The molecule has 1 saturated heterocycles. The van der Waals surface area contributed by atoms with Crippen LogP contribution in [0.25, 0.3) is 0 Å². The minimum atomic E-state index is 0.511. The molecule has 2 nitrogen and oxygen atoms in total. The molecule has 1 saturated carbocycles. The van der Waals surface area contributed by atoms with Gasteiger partial charge in [0.05, 0.1) is 6.10 Å². The summed E-state index contributed by atoms with van der Waals surface area (Å²) in [5.74, 6) is 0.933. The Morgan fingerprint density at radius 2 is 1.71 bits per heavy atom. The third-order valence-corrected chi connectivity index (χ3v) is 6.19. The number of nitrogens with one attached hydrogen (secondary N) is 1. The fraction of sp³-hybridized carbons (Fsp3) is 1.00. The lowest BCUT2D eigenvalue weighted by Gasteiger charge is -2.41. The van der Waals surface area contributed by atoms with Crippen molar-refractivity contribution >= 4 is 0 Å². The van der Waals surface area contributed by atoms with E-state index in [-0.39, 0.29) is 0 Å². The van der Waals surface area contributed by atoms with Crippen molar-refractivity contribution in [2.24, 2.45) is 11.3 Å². The second-order valence-electron chi connectivity index (χ2n) is 8.06. The van der Waals surface area contributed by atoms with Crippen LogP contribution < -0.4 is 5.32 Å². The van der Waals surface area contributed by atoms with Crippen LogP contribution in [0.15, 0.2) is 0 Å². The van der Waals surface area contributed by atoms with Crippen LogP contribution >= 0.6 is 0 Å². The van der Waals surface area contributed by atoms with Crippen LogP contribution in [0.5, 0.6) is 0 Å². The van der Waals surface area contributed by atoms with Gasteiger partial charge in [0.2, 0.25) is 0 Å². The van der Waals surface area contributed by atoms with Gasteiger partial charge in [0.25, 0.3) is 0 Å². The zero-order chi connectivity index (χ0) is 15.3. The molecule has 1 aliphatic carbocycles. The molecule has 0 radical (unpaired) electrons. The van der Waals surface area contributed by atoms with Crippen LogP contribution in [0.2, 0.25) is 0 Å². The van der Waals surface area contributed by atoms with Crippen molar-refractivity contribution in [3.05, 3.63) is 0 Å². The second kappa shape index (κ2) is 7.97. The van der Waals surface area contributed by atoms with E-state index in [4.69, 9.17) is 4.74 Å². The Labute approximate surface area is 132 Å². The van der Waals surface area contributed by atoms with E-state index in [1.54, 1.807) is 0 Å². The zero-order valence-corrected chi connectivity index (χ0v) is 14.8. The molecule has 0 aromatic rings. The summed E-state index contributed by atoms with van der Waals surface area (Å²) in [7, 11) is 0. The first-order valence-corrected chi connectivity index (χ1v) is 9.42. The summed E-state index contributed by atoms with van der Waals surface area (Å²) in [6, 6.07) is 1.47. The van der Waals surface area contributed by atoms with E-state index < -0.39 is 0 Å². The Morgan fingerprint density at radius 1 is 1.00 bits per heavy atom. The normalized spacial score (nSPS) is 34.9. The summed E-state index contributed by atoms with van der Waals surface area (Å²) in [6.07, 6.45) is 12.3. The van der Waals surface area contributed by atoms with Crippen LogP contribution in [-0.2, 0) is 4.74 Å². The van der Waals surface area contributed by atoms with Gasteiger partial charge in [0.15, 0.2) is 0 Å². The van der Waals surface area contributed by atoms with E-state index in [1.165, 1.54) is 57.8 Å². The molecule has 2 heteroatoms. The first kappa shape index (κ1) is 17.3. The zero-order valence-electron chi connectivity index (χ0n) is 14.8. The molecule has 2 fully saturated rings. The Bertz CT molecular complexity index is 292. The lowest BCUT2D eigenvalue weighted by molar-refractivity contribution is -0.00674. The molecule has 2 aliphatic rings. The molecule has 0 amide bonds. The molecule has 1 heterocycles. The Morgan fingerprint density at radius 3 is 2.33 bits per heavy atom. The van der Waals surface area contributed by atoms with Gasteiger partial charge in [-0.3, -0.25) is 0 Å². The van der Waals surface area contributed by atoms with Gasteiger partial charge >= 0.3 is 0 Å². The van der Waals surface area contributed by atoms with Gasteiger partial charge in [-0.1, -0.05) is 40.5 Å². The average molecular weight is 296 g/mol. The second-order valence-corrected chi connectivity index (χ2v) is 8.06. The van der Waals surface area contributed by atoms with Crippen molar-refractivity contribution in [1.82, 2.24) is 5.32 Å². The van der Waals surface area contributed by atoms with Gasteiger partial charge < -0.3 is 10.1 Å². The lowest BCUT2D eigenvalue weighted by Crippen LogP contribution is -2.46. The maximum Gasteiger partial charge on any atom is 0.0589 e. The number of hydrogen-bond donors (Lipinski definition) is 1. The Hall–Kier alpha value is -0.0800. The Kier molecular flexibility index (Phi) is 6.55. The highest BCUT2D eigenvalue weighted by Gasteiger charge is 2.33. The number of hydrogen-bond acceptors (Lipinski definition) is 2. The minimum absolute atomic E-state index is 0.511. The van der Waals surface area contributed by atoms with Crippen LogP contribution in [-0.4, -0.2) is 24.8 Å². The predicted octanol–water partition coefficient (Wildman–Crippen LogP) is 4.92. The van der Waals surface area contributed by atoms with Crippen molar-refractivity contribution in [3.63, 3.8) is 0 Å². The van der Waals surface area contributed by atoms with E-state index in [0.717, 1.165) is 18.6 Å².